The average Bonchev–Trinajstić information content (AvgIpc) is 3.08. The van der Waals surface area contributed by atoms with Crippen LogP contribution in [-0.2, 0) is 17.4 Å². The summed E-state index contributed by atoms with van der Waals surface area (Å²) in [6, 6.07) is 5.56. The van der Waals surface area contributed by atoms with E-state index in [9.17, 15) is 41.2 Å². The normalized spacial score (nSPS) is 12.4. The van der Waals surface area contributed by atoms with Gasteiger partial charge in [0.05, 0.1) is 23.9 Å². The average molecular weight is 444 g/mol. The highest BCUT2D eigenvalue weighted by Crippen LogP contribution is 2.34. The zero-order chi connectivity index (χ0) is 23.0. The molecule has 0 fully saturated rings. The van der Waals surface area contributed by atoms with Crippen molar-refractivity contribution >= 4 is 24.0 Å². The molecule has 31 heavy (non-hydrogen) atoms. The van der Waals surface area contributed by atoms with Gasteiger partial charge in [0.1, 0.15) is 11.4 Å². The van der Waals surface area contributed by atoms with Gasteiger partial charge in [0.15, 0.2) is 0 Å². The molecule has 0 unspecified atom stereocenters. The Hall–Kier alpha value is -2.86. The molecule has 3 rings (SSSR count). The quantitative estimate of drug-likeness (QED) is 0.453. The molecule has 0 aliphatic rings. The Balaban J connectivity index is 1.99. The largest absolute Gasteiger partial charge is 0.488 e. The van der Waals surface area contributed by atoms with E-state index >= 15 is 0 Å². The molecule has 0 saturated carbocycles. The highest BCUT2D eigenvalue weighted by Gasteiger charge is 2.32. The van der Waals surface area contributed by atoms with Crippen molar-refractivity contribution in [2.75, 3.05) is 0 Å². The molecule has 0 saturated heterocycles. The molecule has 1 aromatic carbocycles. The Morgan fingerprint density at radius 3 is 2.39 bits per heavy atom. The summed E-state index contributed by atoms with van der Waals surface area (Å²) in [6.07, 6.45) is -9.36. The number of hydrogen-bond acceptors (Lipinski definition) is 4. The Labute approximate surface area is 172 Å². The summed E-state index contributed by atoms with van der Waals surface area (Å²) in [6.45, 7) is 0. The summed E-state index contributed by atoms with van der Waals surface area (Å²) < 4.78 is 78.5. The first-order valence-corrected chi connectivity index (χ1v) is 8.96. The number of carbonyl (C=O) groups excluding carboxylic acids is 1. The first-order valence-electron chi connectivity index (χ1n) is 8.96. The van der Waals surface area contributed by atoms with Gasteiger partial charge in [-0.2, -0.15) is 26.3 Å². The van der Waals surface area contributed by atoms with Crippen LogP contribution in [0.2, 0.25) is 0 Å². The molecular weight excluding hydrogens is 429 g/mol. The Morgan fingerprint density at radius 1 is 1.06 bits per heavy atom. The van der Waals surface area contributed by atoms with Gasteiger partial charge in [-0.05, 0) is 41.4 Å². The minimum absolute atomic E-state index is 0.0539. The molecule has 0 atom stereocenters. The zero-order valence-electron chi connectivity index (χ0n) is 15.7. The van der Waals surface area contributed by atoms with E-state index in [1.165, 1.54) is 35.0 Å². The molecule has 0 amide bonds. The lowest BCUT2D eigenvalue weighted by atomic mass is 9.81. The number of hydrogen-bond donors (Lipinski definition) is 2. The maximum absolute atomic E-state index is 13.4. The zero-order valence-corrected chi connectivity index (χ0v) is 15.7. The van der Waals surface area contributed by atoms with Crippen molar-refractivity contribution in [2.24, 2.45) is 0 Å². The number of fused-ring (bicyclic) bond motifs is 1. The van der Waals surface area contributed by atoms with E-state index in [4.69, 9.17) is 0 Å². The maximum atomic E-state index is 13.4. The van der Waals surface area contributed by atoms with E-state index < -0.39 is 50.1 Å². The third-order valence-electron chi connectivity index (χ3n) is 4.54. The molecule has 2 N–H and O–H groups in total. The molecule has 0 bridgehead atoms. The lowest BCUT2D eigenvalue weighted by Crippen LogP contribution is -2.29. The fraction of sp³-hybridized carbons (Fsp3) is 0.263. The topological polar surface area (TPSA) is 74.8 Å². The van der Waals surface area contributed by atoms with Crippen LogP contribution in [0.4, 0.5) is 26.3 Å². The van der Waals surface area contributed by atoms with Crippen LogP contribution in [0.25, 0.3) is 16.9 Å². The lowest BCUT2D eigenvalue weighted by Gasteiger charge is -2.13. The summed E-state index contributed by atoms with van der Waals surface area (Å²) in [5.41, 5.74) is -0.483. The van der Waals surface area contributed by atoms with Crippen molar-refractivity contribution in [3.8, 4) is 11.3 Å². The van der Waals surface area contributed by atoms with Crippen LogP contribution in [0.3, 0.4) is 0 Å². The summed E-state index contributed by atoms with van der Waals surface area (Å²) in [4.78, 5) is 15.9. The molecule has 3 aromatic rings. The van der Waals surface area contributed by atoms with Gasteiger partial charge in [0.2, 0.25) is 0 Å². The van der Waals surface area contributed by atoms with Gasteiger partial charge in [0.25, 0.3) is 0 Å². The van der Waals surface area contributed by atoms with Gasteiger partial charge in [-0.1, -0.05) is 0 Å². The number of alkyl halides is 6. The van der Waals surface area contributed by atoms with Crippen LogP contribution in [-0.4, -0.2) is 38.5 Å². The third kappa shape index (κ3) is 5.64. The molecule has 0 spiro atoms. The first-order chi connectivity index (χ1) is 14.3. The number of imidazole rings is 1. The second kappa shape index (κ2) is 8.35. The monoisotopic (exact) mass is 444 g/mol. The second-order valence-corrected chi connectivity index (χ2v) is 6.95. The number of carbonyl (C=O) groups is 1. The highest BCUT2D eigenvalue weighted by molar-refractivity contribution is 6.58. The molecule has 2 heterocycles. The van der Waals surface area contributed by atoms with Crippen molar-refractivity contribution in [1.29, 1.82) is 0 Å². The molecular formula is C19H15BF6N2O3. The van der Waals surface area contributed by atoms with Crippen LogP contribution in [0, 0.1) is 0 Å². The van der Waals surface area contributed by atoms with Gasteiger partial charge in [-0.3, -0.25) is 9.20 Å². The number of rotatable bonds is 6. The minimum Gasteiger partial charge on any atom is -0.423 e. The summed E-state index contributed by atoms with van der Waals surface area (Å²) >= 11 is 0. The lowest BCUT2D eigenvalue weighted by molar-refractivity contribution is -0.143. The number of aromatic nitrogens is 2. The van der Waals surface area contributed by atoms with Crippen molar-refractivity contribution in [2.45, 2.75) is 31.6 Å². The van der Waals surface area contributed by atoms with Crippen LogP contribution in [0.5, 0.6) is 0 Å². The van der Waals surface area contributed by atoms with Crippen molar-refractivity contribution in [3.05, 3.63) is 53.9 Å². The molecule has 0 aliphatic heterocycles. The van der Waals surface area contributed by atoms with Crippen molar-refractivity contribution in [3.63, 3.8) is 0 Å². The minimum atomic E-state index is -4.74. The van der Waals surface area contributed by atoms with E-state index in [1.54, 1.807) is 0 Å². The second-order valence-electron chi connectivity index (χ2n) is 6.95. The molecule has 5 nitrogen and oxygen atoms in total. The predicted molar refractivity (Wildman–Crippen MR) is 99.5 cm³/mol. The van der Waals surface area contributed by atoms with E-state index in [0.717, 1.165) is 12.1 Å². The van der Waals surface area contributed by atoms with E-state index in [1.807, 2.05) is 0 Å². The number of Topliss-reactive ketones (excluding diaryl/α,β-unsaturated/α-hetero) is 1. The number of pyridine rings is 1. The smallest absolute Gasteiger partial charge is 0.423 e. The Morgan fingerprint density at radius 2 is 1.77 bits per heavy atom. The fourth-order valence-electron chi connectivity index (χ4n) is 3.07. The van der Waals surface area contributed by atoms with Crippen LogP contribution >= 0.6 is 0 Å². The highest BCUT2D eigenvalue weighted by atomic mass is 19.4. The number of benzene rings is 1. The van der Waals surface area contributed by atoms with E-state index in [0.29, 0.717) is 0 Å². The summed E-state index contributed by atoms with van der Waals surface area (Å²) in [5.74, 6) is -0.831. The van der Waals surface area contributed by atoms with Gasteiger partial charge in [-0.25, -0.2) is 4.98 Å². The number of ketones is 1. The number of halogens is 6. The van der Waals surface area contributed by atoms with Crippen molar-refractivity contribution < 1.29 is 41.2 Å². The summed E-state index contributed by atoms with van der Waals surface area (Å²) in [7, 11) is -1.76. The van der Waals surface area contributed by atoms with Gasteiger partial charge in [-0.15, -0.1) is 0 Å². The third-order valence-corrected chi connectivity index (χ3v) is 4.54. The predicted octanol–water partition coefficient (Wildman–Crippen LogP) is 3.15. The van der Waals surface area contributed by atoms with Gasteiger partial charge >= 0.3 is 19.5 Å². The van der Waals surface area contributed by atoms with Crippen LogP contribution in [0.1, 0.15) is 24.0 Å². The Bertz CT molecular complexity index is 1110. The molecule has 12 heteroatoms. The van der Waals surface area contributed by atoms with E-state index in [2.05, 4.69) is 4.98 Å². The SMILES string of the molecule is O=C(CCC(F)(F)F)Cc1cc(-c2cnc3cc(B(O)O)ccn23)cc(C(F)(F)F)c1. The Kier molecular flexibility index (Phi) is 6.15. The van der Waals surface area contributed by atoms with Crippen LogP contribution < -0.4 is 5.46 Å². The van der Waals surface area contributed by atoms with Gasteiger partial charge < -0.3 is 10.0 Å². The molecule has 0 radical (unpaired) electrons. The molecule has 164 valence electrons. The van der Waals surface area contributed by atoms with E-state index in [-0.39, 0.29) is 27.9 Å². The fourth-order valence-corrected chi connectivity index (χ4v) is 3.07. The summed E-state index contributed by atoms with van der Waals surface area (Å²) in [5, 5.41) is 18.5. The standard InChI is InChI=1S/C19H15BF6N2O3/c21-18(22,23)3-1-15(29)7-11-5-12(8-13(6-11)19(24,25)26)16-10-27-17-9-14(20(30)31)2-4-28(16)17/h2,4-6,8-10,30-31H,1,3,7H2. The van der Waals surface area contributed by atoms with Crippen molar-refractivity contribution in [1.82, 2.24) is 9.38 Å². The maximum Gasteiger partial charge on any atom is 0.488 e. The molecule has 2 aromatic heterocycles. The first kappa shape index (κ1) is 22.8. The number of nitrogens with zero attached hydrogens (tertiary/aromatic N) is 2. The molecule has 0 aliphatic carbocycles. The van der Waals surface area contributed by atoms with Gasteiger partial charge in [0, 0.05) is 24.6 Å². The van der Waals surface area contributed by atoms with Crippen LogP contribution in [0.15, 0.2) is 42.7 Å².